The monoisotopic (exact) mass is 248 g/mol. The number of imidazole rings is 1. The van der Waals surface area contributed by atoms with Gasteiger partial charge >= 0.3 is 5.97 Å². The summed E-state index contributed by atoms with van der Waals surface area (Å²) in [4.78, 5) is 15.5. The minimum atomic E-state index is -0.284. The number of carbonyl (C=O) groups excluding carboxylic acids is 1. The number of ether oxygens (including phenoxy) is 1. The van der Waals surface area contributed by atoms with Gasteiger partial charge in [0.1, 0.15) is 5.82 Å². The molecule has 3 rings (SSSR count). The molecular weight excluding hydrogens is 235 g/mol. The zero-order chi connectivity index (χ0) is 12.7. The van der Waals surface area contributed by atoms with Gasteiger partial charge in [0.05, 0.1) is 30.4 Å². The van der Waals surface area contributed by atoms with Gasteiger partial charge in [0.25, 0.3) is 0 Å². The van der Waals surface area contributed by atoms with Crippen LogP contribution in [0.1, 0.15) is 18.9 Å². The van der Waals surface area contributed by atoms with Crippen LogP contribution in [0.2, 0.25) is 0 Å². The first-order chi connectivity index (χ1) is 8.69. The number of hydrogen-bond acceptors (Lipinski definition) is 3. The summed E-state index contributed by atoms with van der Waals surface area (Å²) in [5, 5.41) is 0. The van der Waals surface area contributed by atoms with Crippen molar-refractivity contribution in [3.8, 4) is 0 Å². The fraction of sp³-hybridized carbons (Fsp3) is 0.385. The van der Waals surface area contributed by atoms with Gasteiger partial charge in [0.15, 0.2) is 0 Å². The van der Waals surface area contributed by atoms with Crippen LogP contribution in [0.15, 0.2) is 24.5 Å². The van der Waals surface area contributed by atoms with Crippen molar-refractivity contribution in [2.24, 2.45) is 5.92 Å². The maximum absolute atomic E-state index is 13.0. The molecule has 1 fully saturated rings. The van der Waals surface area contributed by atoms with E-state index in [-0.39, 0.29) is 23.7 Å². The number of esters is 1. The molecule has 0 bridgehead atoms. The van der Waals surface area contributed by atoms with Crippen molar-refractivity contribution in [1.82, 2.24) is 9.55 Å². The summed E-state index contributed by atoms with van der Waals surface area (Å²) in [6.45, 7) is 0. The van der Waals surface area contributed by atoms with Crippen LogP contribution in [0, 0.1) is 11.7 Å². The van der Waals surface area contributed by atoms with E-state index in [1.54, 1.807) is 12.4 Å². The van der Waals surface area contributed by atoms with Gasteiger partial charge in [-0.05, 0) is 25.0 Å². The zero-order valence-corrected chi connectivity index (χ0v) is 9.97. The summed E-state index contributed by atoms with van der Waals surface area (Å²) >= 11 is 0. The van der Waals surface area contributed by atoms with E-state index in [4.69, 9.17) is 4.74 Å². The number of fused-ring (bicyclic) bond motifs is 1. The summed E-state index contributed by atoms with van der Waals surface area (Å²) in [6, 6.07) is 4.83. The third-order valence-corrected chi connectivity index (χ3v) is 3.58. The number of rotatable bonds is 2. The van der Waals surface area contributed by atoms with Gasteiger partial charge in [-0.3, -0.25) is 4.79 Å². The van der Waals surface area contributed by atoms with Gasteiger partial charge in [0, 0.05) is 12.1 Å². The van der Waals surface area contributed by atoms with Crippen LogP contribution < -0.4 is 0 Å². The van der Waals surface area contributed by atoms with Crippen molar-refractivity contribution in [3.63, 3.8) is 0 Å². The zero-order valence-electron chi connectivity index (χ0n) is 9.97. The van der Waals surface area contributed by atoms with Crippen LogP contribution in [-0.2, 0) is 9.53 Å². The van der Waals surface area contributed by atoms with E-state index in [2.05, 4.69) is 4.98 Å². The number of aromatic nitrogens is 2. The first-order valence-electron chi connectivity index (χ1n) is 5.89. The Morgan fingerprint density at radius 3 is 3.00 bits per heavy atom. The Kier molecular flexibility index (Phi) is 2.54. The lowest BCUT2D eigenvalue weighted by Gasteiger charge is -2.34. The quantitative estimate of drug-likeness (QED) is 0.766. The van der Waals surface area contributed by atoms with Gasteiger partial charge in [-0.25, -0.2) is 9.37 Å². The summed E-state index contributed by atoms with van der Waals surface area (Å²) in [6.07, 6.45) is 3.23. The molecule has 1 aliphatic rings. The molecule has 0 unspecified atom stereocenters. The molecule has 1 saturated carbocycles. The van der Waals surface area contributed by atoms with Crippen molar-refractivity contribution in [2.45, 2.75) is 18.9 Å². The van der Waals surface area contributed by atoms with Gasteiger partial charge in [-0.2, -0.15) is 0 Å². The Morgan fingerprint density at radius 1 is 1.50 bits per heavy atom. The summed E-state index contributed by atoms with van der Waals surface area (Å²) in [5.74, 6) is -0.451. The van der Waals surface area contributed by atoms with Crippen molar-refractivity contribution < 1.29 is 13.9 Å². The largest absolute Gasteiger partial charge is 0.469 e. The molecule has 1 aliphatic carbocycles. The minimum Gasteiger partial charge on any atom is -0.469 e. The molecule has 18 heavy (non-hydrogen) atoms. The predicted molar refractivity (Wildman–Crippen MR) is 63.5 cm³/mol. The van der Waals surface area contributed by atoms with E-state index in [0.29, 0.717) is 5.52 Å². The Morgan fingerprint density at radius 2 is 2.28 bits per heavy atom. The highest BCUT2D eigenvalue weighted by molar-refractivity contribution is 5.76. The van der Waals surface area contributed by atoms with E-state index in [9.17, 15) is 9.18 Å². The smallest absolute Gasteiger partial charge is 0.308 e. The van der Waals surface area contributed by atoms with Crippen LogP contribution in [0.3, 0.4) is 0 Å². The lowest BCUT2D eigenvalue weighted by molar-refractivity contribution is -0.149. The molecule has 0 radical (unpaired) electrons. The number of methoxy groups -OCH3 is 1. The van der Waals surface area contributed by atoms with Crippen LogP contribution in [0.5, 0.6) is 0 Å². The highest BCUT2D eigenvalue weighted by atomic mass is 19.1. The Bertz CT molecular complexity index is 602. The molecule has 1 aromatic carbocycles. The normalized spacial score (nSPS) is 22.8. The topological polar surface area (TPSA) is 44.1 Å². The van der Waals surface area contributed by atoms with E-state index >= 15 is 0 Å². The van der Waals surface area contributed by atoms with E-state index in [1.165, 1.54) is 19.2 Å². The SMILES string of the molecule is COC(=O)C1CC(n2cnc3cc(F)ccc32)C1. The second-order valence-electron chi connectivity index (χ2n) is 4.63. The average molecular weight is 248 g/mol. The number of nitrogens with zero attached hydrogens (tertiary/aromatic N) is 2. The lowest BCUT2D eigenvalue weighted by atomic mass is 9.80. The molecule has 1 heterocycles. The first-order valence-corrected chi connectivity index (χ1v) is 5.89. The molecule has 1 aromatic heterocycles. The molecule has 2 aromatic rings. The van der Waals surface area contributed by atoms with Crippen molar-refractivity contribution in [1.29, 1.82) is 0 Å². The van der Waals surface area contributed by atoms with Crippen molar-refractivity contribution in [3.05, 3.63) is 30.3 Å². The van der Waals surface area contributed by atoms with Crippen molar-refractivity contribution in [2.75, 3.05) is 7.11 Å². The van der Waals surface area contributed by atoms with Crippen LogP contribution >= 0.6 is 0 Å². The Labute approximate surface area is 103 Å². The Hall–Kier alpha value is -1.91. The molecule has 4 nitrogen and oxygen atoms in total. The van der Waals surface area contributed by atoms with E-state index in [1.807, 2.05) is 4.57 Å². The molecule has 0 amide bonds. The molecule has 0 saturated heterocycles. The molecule has 0 aliphatic heterocycles. The number of carbonyl (C=O) groups is 1. The number of benzene rings is 1. The minimum absolute atomic E-state index is 0.0158. The first kappa shape index (κ1) is 11.2. The maximum Gasteiger partial charge on any atom is 0.308 e. The highest BCUT2D eigenvalue weighted by Crippen LogP contribution is 2.39. The molecular formula is C13H13FN2O2. The summed E-state index contributed by atoms with van der Waals surface area (Å²) < 4.78 is 19.8. The second-order valence-corrected chi connectivity index (χ2v) is 4.63. The second kappa shape index (κ2) is 4.08. The fourth-order valence-electron chi connectivity index (χ4n) is 2.47. The Balaban J connectivity index is 1.83. The lowest BCUT2D eigenvalue weighted by Crippen LogP contribution is -2.32. The summed E-state index contributed by atoms with van der Waals surface area (Å²) in [5.41, 5.74) is 1.56. The van der Waals surface area contributed by atoms with Crippen LogP contribution in [0.4, 0.5) is 4.39 Å². The standard InChI is InChI=1S/C13H13FN2O2/c1-18-13(17)8-4-10(5-8)16-7-15-11-6-9(14)2-3-12(11)16/h2-3,6-8,10H,4-5H2,1H3. The van der Waals surface area contributed by atoms with Crippen LogP contribution in [-0.4, -0.2) is 22.6 Å². The van der Waals surface area contributed by atoms with Crippen molar-refractivity contribution >= 4 is 17.0 Å². The van der Waals surface area contributed by atoms with Gasteiger partial charge in [-0.15, -0.1) is 0 Å². The predicted octanol–water partition coefficient (Wildman–Crippen LogP) is 2.30. The van der Waals surface area contributed by atoms with Gasteiger partial charge in [-0.1, -0.05) is 0 Å². The van der Waals surface area contributed by atoms with E-state index in [0.717, 1.165) is 18.4 Å². The molecule has 0 N–H and O–H groups in total. The average Bonchev–Trinajstić information content (AvgIpc) is 2.70. The molecule has 5 heteroatoms. The van der Waals surface area contributed by atoms with Gasteiger partial charge < -0.3 is 9.30 Å². The third-order valence-electron chi connectivity index (χ3n) is 3.58. The van der Waals surface area contributed by atoms with Crippen LogP contribution in [0.25, 0.3) is 11.0 Å². The highest BCUT2D eigenvalue weighted by Gasteiger charge is 2.36. The maximum atomic E-state index is 13.0. The molecule has 94 valence electrons. The molecule has 0 spiro atoms. The number of halogens is 1. The summed E-state index contributed by atoms with van der Waals surface area (Å²) in [7, 11) is 1.41. The fourth-order valence-corrected chi connectivity index (χ4v) is 2.47. The number of hydrogen-bond donors (Lipinski definition) is 0. The van der Waals surface area contributed by atoms with E-state index < -0.39 is 0 Å². The molecule has 0 atom stereocenters. The third kappa shape index (κ3) is 1.66. The van der Waals surface area contributed by atoms with Gasteiger partial charge in [0.2, 0.25) is 0 Å².